The Morgan fingerprint density at radius 2 is 2.12 bits per heavy atom. The number of aromatic hydroxyl groups is 1. The second-order valence-corrected chi connectivity index (χ2v) is 5.33. The van der Waals surface area contributed by atoms with Crippen molar-refractivity contribution in [1.29, 1.82) is 0 Å². The summed E-state index contributed by atoms with van der Waals surface area (Å²) in [5.41, 5.74) is 2.62. The molecule has 16 heavy (non-hydrogen) atoms. The monoisotopic (exact) mass is 219 g/mol. The van der Waals surface area contributed by atoms with Crippen LogP contribution >= 0.6 is 0 Å². The predicted molar refractivity (Wildman–Crippen MR) is 66.8 cm³/mol. The molecule has 2 nitrogen and oxygen atoms in total. The van der Waals surface area contributed by atoms with Crippen molar-refractivity contribution in [1.82, 2.24) is 5.32 Å². The van der Waals surface area contributed by atoms with Crippen molar-refractivity contribution < 1.29 is 5.11 Å². The molecular weight excluding hydrogens is 198 g/mol. The van der Waals surface area contributed by atoms with Crippen LogP contribution in [0.15, 0.2) is 18.2 Å². The van der Waals surface area contributed by atoms with Gasteiger partial charge in [0, 0.05) is 5.54 Å². The molecule has 1 aromatic carbocycles. The molecule has 0 saturated heterocycles. The third-order valence-electron chi connectivity index (χ3n) is 4.13. The Balaban J connectivity index is 2.27. The Bertz CT molecular complexity index is 384. The topological polar surface area (TPSA) is 32.3 Å². The number of rotatable bonds is 2. The maximum absolute atomic E-state index is 9.89. The maximum atomic E-state index is 9.89. The average molecular weight is 219 g/mol. The van der Waals surface area contributed by atoms with E-state index in [0.29, 0.717) is 11.7 Å². The van der Waals surface area contributed by atoms with Gasteiger partial charge in [0.25, 0.3) is 0 Å². The summed E-state index contributed by atoms with van der Waals surface area (Å²) in [5, 5.41) is 13.3. The fourth-order valence-corrected chi connectivity index (χ4v) is 2.59. The SMILES string of the molecule is CNC(C)(C)C1CCc2cccc(O)c2C1. The summed E-state index contributed by atoms with van der Waals surface area (Å²) in [6, 6.07) is 5.88. The molecule has 0 aliphatic heterocycles. The van der Waals surface area contributed by atoms with Gasteiger partial charge in [0.15, 0.2) is 0 Å². The summed E-state index contributed by atoms with van der Waals surface area (Å²) in [6.07, 6.45) is 3.26. The average Bonchev–Trinajstić information content (AvgIpc) is 2.29. The summed E-state index contributed by atoms with van der Waals surface area (Å²) < 4.78 is 0. The number of phenols is 1. The first-order chi connectivity index (χ1) is 7.54. The van der Waals surface area contributed by atoms with Gasteiger partial charge in [-0.3, -0.25) is 0 Å². The first-order valence-corrected chi connectivity index (χ1v) is 6.03. The molecule has 88 valence electrons. The predicted octanol–water partition coefficient (Wildman–Crippen LogP) is 2.50. The van der Waals surface area contributed by atoms with Gasteiger partial charge in [-0.1, -0.05) is 12.1 Å². The van der Waals surface area contributed by atoms with Gasteiger partial charge in [0.2, 0.25) is 0 Å². The Kier molecular flexibility index (Phi) is 2.94. The largest absolute Gasteiger partial charge is 0.508 e. The van der Waals surface area contributed by atoms with Crippen LogP contribution in [-0.4, -0.2) is 17.7 Å². The van der Waals surface area contributed by atoms with E-state index in [1.165, 1.54) is 12.0 Å². The first kappa shape index (κ1) is 11.5. The third-order valence-corrected chi connectivity index (χ3v) is 4.13. The zero-order chi connectivity index (χ0) is 11.8. The molecule has 2 heteroatoms. The summed E-state index contributed by atoms with van der Waals surface area (Å²) in [6.45, 7) is 4.48. The highest BCUT2D eigenvalue weighted by atomic mass is 16.3. The zero-order valence-corrected chi connectivity index (χ0v) is 10.4. The van der Waals surface area contributed by atoms with Gasteiger partial charge in [0.1, 0.15) is 5.75 Å². The number of benzene rings is 1. The van der Waals surface area contributed by atoms with E-state index in [9.17, 15) is 5.11 Å². The lowest BCUT2D eigenvalue weighted by Gasteiger charge is -2.37. The summed E-state index contributed by atoms with van der Waals surface area (Å²) in [5.74, 6) is 1.06. The van der Waals surface area contributed by atoms with Gasteiger partial charge in [-0.05, 0) is 63.3 Å². The van der Waals surface area contributed by atoms with Gasteiger partial charge in [0.05, 0.1) is 0 Å². The zero-order valence-electron chi connectivity index (χ0n) is 10.4. The standard InChI is InChI=1S/C14H21NO/c1-14(2,15-3)11-8-7-10-5-4-6-13(16)12(10)9-11/h4-6,11,15-16H,7-9H2,1-3H3. The molecule has 1 atom stereocenters. The highest BCUT2D eigenvalue weighted by Crippen LogP contribution is 2.36. The van der Waals surface area contributed by atoms with Crippen molar-refractivity contribution in [3.63, 3.8) is 0 Å². The van der Waals surface area contributed by atoms with Crippen LogP contribution in [0, 0.1) is 5.92 Å². The summed E-state index contributed by atoms with van der Waals surface area (Å²) in [4.78, 5) is 0. The minimum Gasteiger partial charge on any atom is -0.508 e. The summed E-state index contributed by atoms with van der Waals surface area (Å²) in [7, 11) is 2.01. The van der Waals surface area contributed by atoms with E-state index in [1.54, 1.807) is 6.07 Å². The van der Waals surface area contributed by atoms with Crippen molar-refractivity contribution >= 4 is 0 Å². The minimum absolute atomic E-state index is 0.139. The van der Waals surface area contributed by atoms with Gasteiger partial charge >= 0.3 is 0 Å². The molecule has 0 spiro atoms. The van der Waals surface area contributed by atoms with Crippen LogP contribution in [0.4, 0.5) is 0 Å². The smallest absolute Gasteiger partial charge is 0.119 e. The number of phenolic OH excluding ortho intramolecular Hbond substituents is 1. The molecule has 0 amide bonds. The molecule has 0 radical (unpaired) electrons. The van der Waals surface area contributed by atoms with E-state index in [-0.39, 0.29) is 5.54 Å². The van der Waals surface area contributed by atoms with Gasteiger partial charge in [-0.2, -0.15) is 0 Å². The molecule has 0 bridgehead atoms. The number of fused-ring (bicyclic) bond motifs is 1. The van der Waals surface area contributed by atoms with E-state index in [0.717, 1.165) is 18.4 Å². The quantitative estimate of drug-likeness (QED) is 0.801. The second kappa shape index (κ2) is 4.10. The fraction of sp³-hybridized carbons (Fsp3) is 0.571. The van der Waals surface area contributed by atoms with E-state index in [2.05, 4.69) is 25.2 Å². The molecule has 2 rings (SSSR count). The molecule has 0 aromatic heterocycles. The van der Waals surface area contributed by atoms with Crippen molar-refractivity contribution in [3.05, 3.63) is 29.3 Å². The van der Waals surface area contributed by atoms with E-state index < -0.39 is 0 Å². The molecular formula is C14H21NO. The van der Waals surface area contributed by atoms with Gasteiger partial charge in [-0.15, -0.1) is 0 Å². The highest BCUT2D eigenvalue weighted by molar-refractivity contribution is 5.41. The summed E-state index contributed by atoms with van der Waals surface area (Å²) >= 11 is 0. The molecule has 0 fully saturated rings. The van der Waals surface area contributed by atoms with Crippen LogP contribution in [0.5, 0.6) is 5.75 Å². The lowest BCUT2D eigenvalue weighted by atomic mass is 9.74. The van der Waals surface area contributed by atoms with E-state index >= 15 is 0 Å². The fourth-order valence-electron chi connectivity index (χ4n) is 2.59. The minimum atomic E-state index is 0.139. The second-order valence-electron chi connectivity index (χ2n) is 5.33. The Morgan fingerprint density at radius 1 is 1.38 bits per heavy atom. The molecule has 1 aliphatic rings. The molecule has 1 aliphatic carbocycles. The van der Waals surface area contributed by atoms with E-state index in [4.69, 9.17) is 0 Å². The number of hydrogen-bond acceptors (Lipinski definition) is 2. The number of aryl methyl sites for hydroxylation is 1. The first-order valence-electron chi connectivity index (χ1n) is 6.03. The molecule has 0 saturated carbocycles. The van der Waals surface area contributed by atoms with E-state index in [1.807, 2.05) is 13.1 Å². The van der Waals surface area contributed by atoms with Crippen LogP contribution < -0.4 is 5.32 Å². The van der Waals surface area contributed by atoms with Crippen molar-refractivity contribution in [2.24, 2.45) is 5.92 Å². The Labute approximate surface area is 97.7 Å². The van der Waals surface area contributed by atoms with Crippen molar-refractivity contribution in [2.45, 2.75) is 38.6 Å². The van der Waals surface area contributed by atoms with Crippen LogP contribution in [0.25, 0.3) is 0 Å². The highest BCUT2D eigenvalue weighted by Gasteiger charge is 2.31. The van der Waals surface area contributed by atoms with Gasteiger partial charge in [-0.25, -0.2) is 0 Å². The molecule has 0 heterocycles. The van der Waals surface area contributed by atoms with Gasteiger partial charge < -0.3 is 10.4 Å². The Morgan fingerprint density at radius 3 is 2.81 bits per heavy atom. The van der Waals surface area contributed by atoms with Crippen LogP contribution in [0.3, 0.4) is 0 Å². The molecule has 1 unspecified atom stereocenters. The normalized spacial score (nSPS) is 20.6. The number of nitrogens with one attached hydrogen (secondary N) is 1. The lowest BCUT2D eigenvalue weighted by molar-refractivity contribution is 0.241. The number of hydrogen-bond donors (Lipinski definition) is 2. The van der Waals surface area contributed by atoms with Crippen LogP contribution in [0.2, 0.25) is 0 Å². The van der Waals surface area contributed by atoms with Crippen molar-refractivity contribution in [3.8, 4) is 5.75 Å². The molecule has 2 N–H and O–H groups in total. The maximum Gasteiger partial charge on any atom is 0.119 e. The molecule has 1 aromatic rings. The van der Waals surface area contributed by atoms with Crippen LogP contribution in [-0.2, 0) is 12.8 Å². The van der Waals surface area contributed by atoms with Crippen LogP contribution in [0.1, 0.15) is 31.4 Å². The lowest BCUT2D eigenvalue weighted by Crippen LogP contribution is -2.46. The Hall–Kier alpha value is -1.02. The third kappa shape index (κ3) is 1.94. The van der Waals surface area contributed by atoms with Crippen molar-refractivity contribution in [2.75, 3.05) is 7.05 Å².